The third-order valence-corrected chi connectivity index (χ3v) is 4.96. The molecule has 2 heterocycles. The molecule has 1 atom stereocenters. The number of nitrogens with one attached hydrogen (secondary N) is 1. The molecule has 1 aliphatic rings. The molecule has 1 aromatic carbocycles. The van der Waals surface area contributed by atoms with Gasteiger partial charge in [-0.25, -0.2) is 0 Å². The number of furan rings is 1. The quantitative estimate of drug-likeness (QED) is 0.737. The molecule has 0 radical (unpaired) electrons. The molecule has 0 spiro atoms. The lowest BCUT2D eigenvalue weighted by Crippen LogP contribution is -2.41. The van der Waals surface area contributed by atoms with Gasteiger partial charge in [0.2, 0.25) is 0 Å². The maximum absolute atomic E-state index is 12.9. The number of ether oxygens (including phenoxy) is 1. The van der Waals surface area contributed by atoms with Gasteiger partial charge in [0.25, 0.3) is 5.91 Å². The number of carbonyl (C=O) groups excluding carboxylic acids is 1. The summed E-state index contributed by atoms with van der Waals surface area (Å²) in [5, 5.41) is 13.6. The highest BCUT2D eigenvalue weighted by molar-refractivity contribution is 6.06. The molecule has 134 valence electrons. The number of aliphatic hydroxyl groups excluding tert-OH is 1. The van der Waals surface area contributed by atoms with Crippen molar-refractivity contribution in [3.63, 3.8) is 0 Å². The Morgan fingerprint density at radius 2 is 2.15 bits per heavy atom. The number of nitrogens with zero attached hydrogens (tertiary/aromatic N) is 1. The van der Waals surface area contributed by atoms with E-state index in [1.165, 1.54) is 6.26 Å². The molecule has 6 nitrogen and oxygen atoms in total. The number of aromatic nitrogens is 1. The van der Waals surface area contributed by atoms with Crippen LogP contribution in [0.1, 0.15) is 34.8 Å². The number of carbonyl (C=O) groups is 1. The maximum Gasteiger partial charge on any atom is 0.255 e. The highest BCUT2D eigenvalue weighted by Gasteiger charge is 2.36. The second kappa shape index (κ2) is 6.80. The fraction of sp³-hybridized carbons (Fsp3) is 0.300. The van der Waals surface area contributed by atoms with Crippen LogP contribution in [0.3, 0.4) is 0 Å². The molecule has 6 heteroatoms. The molecule has 0 saturated heterocycles. The lowest BCUT2D eigenvalue weighted by Gasteiger charge is -2.38. The third-order valence-electron chi connectivity index (χ3n) is 4.96. The van der Waals surface area contributed by atoms with Crippen molar-refractivity contribution in [2.45, 2.75) is 25.0 Å². The van der Waals surface area contributed by atoms with Crippen LogP contribution >= 0.6 is 0 Å². The Balaban J connectivity index is 1.63. The number of para-hydroxylation sites is 1. The molecule has 1 aliphatic carbocycles. The van der Waals surface area contributed by atoms with E-state index in [1.807, 2.05) is 30.3 Å². The van der Waals surface area contributed by atoms with Crippen molar-refractivity contribution in [3.05, 3.63) is 60.1 Å². The van der Waals surface area contributed by atoms with E-state index < -0.39 is 0 Å². The molecule has 3 aromatic rings. The van der Waals surface area contributed by atoms with E-state index >= 15 is 0 Å². The number of aliphatic hydroxyl groups is 1. The molecule has 0 aliphatic heterocycles. The Kier molecular flexibility index (Phi) is 4.34. The average molecular weight is 352 g/mol. The summed E-state index contributed by atoms with van der Waals surface area (Å²) in [5.74, 6) is 0.584. The number of hydrogen-bond donors (Lipinski definition) is 2. The fourth-order valence-electron chi connectivity index (χ4n) is 3.47. The van der Waals surface area contributed by atoms with Crippen LogP contribution in [0.2, 0.25) is 0 Å². The van der Waals surface area contributed by atoms with Crippen molar-refractivity contribution in [2.24, 2.45) is 5.92 Å². The first-order valence-corrected chi connectivity index (χ1v) is 8.60. The van der Waals surface area contributed by atoms with Crippen LogP contribution in [0.15, 0.2) is 53.4 Å². The van der Waals surface area contributed by atoms with E-state index in [9.17, 15) is 9.90 Å². The summed E-state index contributed by atoms with van der Waals surface area (Å²) in [7, 11) is 1.58. The second-order valence-corrected chi connectivity index (χ2v) is 6.64. The SMILES string of the molecule is COc1cncc([C@H](NC(=O)c2coc3ccccc23)C2CC(O)C2)c1. The van der Waals surface area contributed by atoms with Crippen molar-refractivity contribution < 1.29 is 19.1 Å². The van der Waals surface area contributed by atoms with E-state index in [0.717, 1.165) is 10.9 Å². The number of rotatable bonds is 5. The Bertz CT molecular complexity index is 930. The highest BCUT2D eigenvalue weighted by Crippen LogP contribution is 2.39. The van der Waals surface area contributed by atoms with Gasteiger partial charge in [-0.3, -0.25) is 9.78 Å². The molecule has 1 saturated carbocycles. The topological polar surface area (TPSA) is 84.6 Å². The first kappa shape index (κ1) is 16.6. The van der Waals surface area contributed by atoms with Crippen molar-refractivity contribution in [1.29, 1.82) is 0 Å². The van der Waals surface area contributed by atoms with Crippen LogP contribution in [0, 0.1) is 5.92 Å². The first-order valence-electron chi connectivity index (χ1n) is 8.60. The zero-order chi connectivity index (χ0) is 18.1. The summed E-state index contributed by atoms with van der Waals surface area (Å²) in [4.78, 5) is 17.1. The maximum atomic E-state index is 12.9. The monoisotopic (exact) mass is 352 g/mol. The number of methoxy groups -OCH3 is 1. The zero-order valence-electron chi connectivity index (χ0n) is 14.4. The average Bonchev–Trinajstić information content (AvgIpc) is 3.08. The van der Waals surface area contributed by atoms with Gasteiger partial charge in [0.1, 0.15) is 17.6 Å². The van der Waals surface area contributed by atoms with Crippen LogP contribution in [-0.4, -0.2) is 29.2 Å². The number of amides is 1. The molecular weight excluding hydrogens is 332 g/mol. The Labute approximate surface area is 150 Å². The number of benzene rings is 1. The van der Waals surface area contributed by atoms with Crippen LogP contribution in [-0.2, 0) is 0 Å². The predicted molar refractivity (Wildman–Crippen MR) is 95.9 cm³/mol. The van der Waals surface area contributed by atoms with Crippen molar-refractivity contribution in [1.82, 2.24) is 10.3 Å². The Morgan fingerprint density at radius 3 is 2.92 bits per heavy atom. The van der Waals surface area contributed by atoms with Gasteiger partial charge in [-0.2, -0.15) is 0 Å². The minimum atomic E-state index is -0.312. The van der Waals surface area contributed by atoms with Crippen molar-refractivity contribution in [3.8, 4) is 5.75 Å². The van der Waals surface area contributed by atoms with Gasteiger partial charge in [0, 0.05) is 11.6 Å². The summed E-state index contributed by atoms with van der Waals surface area (Å²) in [5.41, 5.74) is 2.04. The fourth-order valence-corrected chi connectivity index (χ4v) is 3.47. The van der Waals surface area contributed by atoms with Gasteiger partial charge in [0.05, 0.1) is 31.0 Å². The van der Waals surface area contributed by atoms with Gasteiger partial charge in [-0.05, 0) is 36.5 Å². The molecule has 1 amide bonds. The minimum Gasteiger partial charge on any atom is -0.495 e. The van der Waals surface area contributed by atoms with Gasteiger partial charge < -0.3 is 19.6 Å². The molecule has 1 fully saturated rings. The molecule has 2 aromatic heterocycles. The van der Waals surface area contributed by atoms with Crippen LogP contribution in [0.4, 0.5) is 0 Å². The summed E-state index contributed by atoms with van der Waals surface area (Å²) in [6.45, 7) is 0. The lowest BCUT2D eigenvalue weighted by atomic mass is 9.75. The summed E-state index contributed by atoms with van der Waals surface area (Å²) >= 11 is 0. The lowest BCUT2D eigenvalue weighted by molar-refractivity contribution is 0.0234. The van der Waals surface area contributed by atoms with Crippen LogP contribution < -0.4 is 10.1 Å². The number of hydrogen-bond acceptors (Lipinski definition) is 5. The predicted octanol–water partition coefficient (Wildman–Crippen LogP) is 3.08. The second-order valence-electron chi connectivity index (χ2n) is 6.64. The van der Waals surface area contributed by atoms with Gasteiger partial charge in [0.15, 0.2) is 0 Å². The normalized spacial score (nSPS) is 20.4. The van der Waals surface area contributed by atoms with Crippen LogP contribution in [0.5, 0.6) is 5.75 Å². The zero-order valence-corrected chi connectivity index (χ0v) is 14.4. The van der Waals surface area contributed by atoms with Crippen LogP contribution in [0.25, 0.3) is 11.0 Å². The van der Waals surface area contributed by atoms with Gasteiger partial charge >= 0.3 is 0 Å². The van der Waals surface area contributed by atoms with Crippen molar-refractivity contribution in [2.75, 3.05) is 7.11 Å². The van der Waals surface area contributed by atoms with E-state index in [1.54, 1.807) is 19.5 Å². The molecule has 0 bridgehead atoms. The standard InChI is InChI=1S/C20H20N2O4/c1-25-15-8-13(9-21-10-15)19(12-6-14(23)7-12)22-20(24)17-11-26-18-5-3-2-4-16(17)18/h2-5,8-12,14,19,23H,6-7H2,1H3,(H,22,24)/t12?,14?,19-/m1/s1. The van der Waals surface area contributed by atoms with E-state index in [0.29, 0.717) is 29.7 Å². The van der Waals surface area contributed by atoms with E-state index in [-0.39, 0.29) is 24.0 Å². The van der Waals surface area contributed by atoms with E-state index in [4.69, 9.17) is 9.15 Å². The number of fused-ring (bicyclic) bond motifs is 1. The van der Waals surface area contributed by atoms with Gasteiger partial charge in [-0.1, -0.05) is 18.2 Å². The minimum absolute atomic E-state index is 0.154. The third kappa shape index (κ3) is 3.04. The molecular formula is C20H20N2O4. The van der Waals surface area contributed by atoms with Gasteiger partial charge in [-0.15, -0.1) is 0 Å². The molecule has 4 rings (SSSR count). The van der Waals surface area contributed by atoms with Crippen molar-refractivity contribution >= 4 is 16.9 Å². The molecule has 26 heavy (non-hydrogen) atoms. The highest BCUT2D eigenvalue weighted by atomic mass is 16.5. The number of pyridine rings is 1. The molecule has 2 N–H and O–H groups in total. The van der Waals surface area contributed by atoms with E-state index in [2.05, 4.69) is 10.3 Å². The summed E-state index contributed by atoms with van der Waals surface area (Å²) < 4.78 is 10.7. The summed E-state index contributed by atoms with van der Waals surface area (Å²) in [6, 6.07) is 9.06. The summed E-state index contributed by atoms with van der Waals surface area (Å²) in [6.07, 6.45) is 5.82. The first-order chi connectivity index (χ1) is 12.7. The smallest absolute Gasteiger partial charge is 0.255 e. The Morgan fingerprint density at radius 1 is 1.35 bits per heavy atom. The Hall–Kier alpha value is -2.86. The molecule has 0 unspecified atom stereocenters. The largest absolute Gasteiger partial charge is 0.495 e.